The summed E-state index contributed by atoms with van der Waals surface area (Å²) in [5.74, 6) is 1.94. The molecule has 2 rings (SSSR count). The number of aromatic nitrogens is 2. The maximum absolute atomic E-state index is 4.47. The van der Waals surface area contributed by atoms with Gasteiger partial charge >= 0.3 is 0 Å². The molecule has 0 spiro atoms. The van der Waals surface area contributed by atoms with Crippen molar-refractivity contribution in [2.24, 2.45) is 0 Å². The maximum atomic E-state index is 4.47. The van der Waals surface area contributed by atoms with Crippen molar-refractivity contribution >= 4 is 11.9 Å². The molecule has 1 aliphatic rings. The van der Waals surface area contributed by atoms with Crippen LogP contribution < -0.4 is 0 Å². The van der Waals surface area contributed by atoms with Crippen molar-refractivity contribution in [2.45, 2.75) is 20.4 Å². The predicted molar refractivity (Wildman–Crippen MR) is 67.0 cm³/mol. The van der Waals surface area contributed by atoms with E-state index in [0.717, 1.165) is 42.7 Å². The fraction of sp³-hybridized carbons (Fsp3) is 0.636. The lowest BCUT2D eigenvalue weighted by atomic mass is 10.3. The third-order valence-corrected chi connectivity index (χ3v) is 3.78. The van der Waals surface area contributed by atoms with Gasteiger partial charge in [-0.2, -0.15) is 0 Å². The largest absolute Gasteiger partial charge is 0.295 e. The molecule has 0 atom stereocenters. The standard InChI is InChI=1S/C11H18N4S/c1-9-6-11(13-10(2)12-9)7-15-5-4-14(3)8-16-15/h6H,4-5,7-8H2,1-3H3. The SMILES string of the molecule is Cc1cc(CN2CCN(C)CS2)nc(C)n1. The van der Waals surface area contributed by atoms with E-state index in [1.807, 2.05) is 25.8 Å². The zero-order valence-corrected chi connectivity index (χ0v) is 10.9. The molecule has 0 bridgehead atoms. The summed E-state index contributed by atoms with van der Waals surface area (Å²) in [6.45, 7) is 7.13. The van der Waals surface area contributed by atoms with Crippen LogP contribution in [0.3, 0.4) is 0 Å². The number of likely N-dealkylation sites (N-methyl/N-ethyl adjacent to an activating group) is 1. The van der Waals surface area contributed by atoms with Crippen LogP contribution in [0, 0.1) is 13.8 Å². The van der Waals surface area contributed by atoms with E-state index in [4.69, 9.17) is 0 Å². The Morgan fingerprint density at radius 1 is 1.31 bits per heavy atom. The topological polar surface area (TPSA) is 32.3 Å². The summed E-state index contributed by atoms with van der Waals surface area (Å²) >= 11 is 1.88. The number of aryl methyl sites for hydroxylation is 2. The second kappa shape index (κ2) is 5.12. The second-order valence-corrected chi connectivity index (χ2v) is 5.28. The van der Waals surface area contributed by atoms with Gasteiger partial charge in [0.2, 0.25) is 0 Å². The van der Waals surface area contributed by atoms with Crippen LogP contribution >= 0.6 is 11.9 Å². The Hall–Kier alpha value is -0.650. The third kappa shape index (κ3) is 3.17. The highest BCUT2D eigenvalue weighted by Gasteiger charge is 2.15. The normalized spacial score (nSPS) is 18.9. The van der Waals surface area contributed by atoms with E-state index in [9.17, 15) is 0 Å². The van der Waals surface area contributed by atoms with Crippen LogP contribution in [0.4, 0.5) is 0 Å². The van der Waals surface area contributed by atoms with Gasteiger partial charge in [0.25, 0.3) is 0 Å². The molecule has 0 aromatic carbocycles. The van der Waals surface area contributed by atoms with Crippen molar-refractivity contribution in [3.8, 4) is 0 Å². The Morgan fingerprint density at radius 2 is 2.12 bits per heavy atom. The van der Waals surface area contributed by atoms with Crippen molar-refractivity contribution in [3.05, 3.63) is 23.3 Å². The van der Waals surface area contributed by atoms with Crippen LogP contribution in [0.15, 0.2) is 6.07 Å². The summed E-state index contributed by atoms with van der Waals surface area (Å²) in [6, 6.07) is 2.08. The van der Waals surface area contributed by atoms with Crippen LogP contribution in [0.25, 0.3) is 0 Å². The lowest BCUT2D eigenvalue weighted by molar-refractivity contribution is 0.307. The number of hydrogen-bond donors (Lipinski definition) is 0. The highest BCUT2D eigenvalue weighted by Crippen LogP contribution is 2.18. The molecule has 1 aromatic rings. The maximum Gasteiger partial charge on any atom is 0.125 e. The summed E-state index contributed by atoms with van der Waals surface area (Å²) in [5, 5.41) is 0. The quantitative estimate of drug-likeness (QED) is 0.728. The summed E-state index contributed by atoms with van der Waals surface area (Å²) in [7, 11) is 2.16. The minimum atomic E-state index is 0.870. The molecule has 1 saturated heterocycles. The monoisotopic (exact) mass is 238 g/mol. The minimum Gasteiger partial charge on any atom is -0.295 e. The molecule has 0 saturated carbocycles. The zero-order valence-electron chi connectivity index (χ0n) is 10.1. The molecular formula is C11H18N4S. The molecule has 1 aliphatic heterocycles. The zero-order chi connectivity index (χ0) is 11.5. The van der Waals surface area contributed by atoms with E-state index < -0.39 is 0 Å². The van der Waals surface area contributed by atoms with Gasteiger partial charge in [0.1, 0.15) is 5.82 Å². The first-order valence-corrected chi connectivity index (χ1v) is 6.45. The molecule has 0 aliphatic carbocycles. The first kappa shape index (κ1) is 11.8. The summed E-state index contributed by atoms with van der Waals surface area (Å²) < 4.78 is 2.38. The average molecular weight is 238 g/mol. The van der Waals surface area contributed by atoms with Crippen molar-refractivity contribution in [1.29, 1.82) is 0 Å². The number of rotatable bonds is 2. The average Bonchev–Trinajstić information content (AvgIpc) is 2.20. The van der Waals surface area contributed by atoms with Gasteiger partial charge in [0.05, 0.1) is 18.1 Å². The minimum absolute atomic E-state index is 0.870. The van der Waals surface area contributed by atoms with Gasteiger partial charge in [-0.05, 0) is 27.0 Å². The molecule has 88 valence electrons. The van der Waals surface area contributed by atoms with Gasteiger partial charge < -0.3 is 0 Å². The molecule has 0 radical (unpaired) electrons. The van der Waals surface area contributed by atoms with E-state index in [1.165, 1.54) is 0 Å². The van der Waals surface area contributed by atoms with E-state index in [2.05, 4.69) is 32.3 Å². The molecular weight excluding hydrogens is 220 g/mol. The molecule has 16 heavy (non-hydrogen) atoms. The van der Waals surface area contributed by atoms with Gasteiger partial charge in [0.15, 0.2) is 0 Å². The Kier molecular flexibility index (Phi) is 3.78. The fourth-order valence-electron chi connectivity index (χ4n) is 1.77. The van der Waals surface area contributed by atoms with E-state index in [0.29, 0.717) is 0 Å². The van der Waals surface area contributed by atoms with Gasteiger partial charge in [-0.25, -0.2) is 14.3 Å². The number of hydrogen-bond acceptors (Lipinski definition) is 5. The summed E-state index contributed by atoms with van der Waals surface area (Å²) in [4.78, 5) is 11.1. The van der Waals surface area contributed by atoms with E-state index >= 15 is 0 Å². The van der Waals surface area contributed by atoms with Crippen LogP contribution in [0.5, 0.6) is 0 Å². The summed E-state index contributed by atoms with van der Waals surface area (Å²) in [6.07, 6.45) is 0. The fourth-order valence-corrected chi connectivity index (χ4v) is 2.70. The van der Waals surface area contributed by atoms with Gasteiger partial charge in [-0.1, -0.05) is 11.9 Å². The number of nitrogens with zero attached hydrogens (tertiary/aromatic N) is 4. The van der Waals surface area contributed by atoms with Crippen LogP contribution in [0.1, 0.15) is 17.2 Å². The van der Waals surface area contributed by atoms with Crippen LogP contribution in [-0.4, -0.2) is 45.2 Å². The second-order valence-electron chi connectivity index (χ2n) is 4.25. The molecule has 0 unspecified atom stereocenters. The van der Waals surface area contributed by atoms with Crippen molar-refractivity contribution < 1.29 is 0 Å². The highest BCUT2D eigenvalue weighted by atomic mass is 32.2. The molecule has 1 fully saturated rings. The molecule has 0 amide bonds. The first-order chi connectivity index (χ1) is 7.63. The van der Waals surface area contributed by atoms with Gasteiger partial charge in [0, 0.05) is 18.8 Å². The van der Waals surface area contributed by atoms with Crippen LogP contribution in [0.2, 0.25) is 0 Å². The summed E-state index contributed by atoms with van der Waals surface area (Å²) in [5.41, 5.74) is 2.18. The predicted octanol–water partition coefficient (Wildman–Crippen LogP) is 1.45. The highest BCUT2D eigenvalue weighted by molar-refractivity contribution is 7.96. The van der Waals surface area contributed by atoms with Crippen molar-refractivity contribution in [2.75, 3.05) is 26.0 Å². The third-order valence-electron chi connectivity index (χ3n) is 2.55. The first-order valence-electron chi connectivity index (χ1n) is 5.51. The lowest BCUT2D eigenvalue weighted by Gasteiger charge is -2.30. The molecule has 2 heterocycles. The van der Waals surface area contributed by atoms with Crippen molar-refractivity contribution in [1.82, 2.24) is 19.2 Å². The smallest absolute Gasteiger partial charge is 0.125 e. The lowest BCUT2D eigenvalue weighted by Crippen LogP contribution is -2.36. The molecule has 4 nitrogen and oxygen atoms in total. The Bertz CT molecular complexity index is 341. The van der Waals surface area contributed by atoms with Gasteiger partial charge in [-0.15, -0.1) is 0 Å². The Morgan fingerprint density at radius 3 is 2.75 bits per heavy atom. The van der Waals surface area contributed by atoms with Gasteiger partial charge in [-0.3, -0.25) is 4.90 Å². The van der Waals surface area contributed by atoms with Crippen LogP contribution in [-0.2, 0) is 6.54 Å². The molecule has 5 heteroatoms. The van der Waals surface area contributed by atoms with E-state index in [1.54, 1.807) is 0 Å². The van der Waals surface area contributed by atoms with E-state index in [-0.39, 0.29) is 0 Å². The molecule has 0 N–H and O–H groups in total. The molecule has 1 aromatic heterocycles. The Labute approximate surface area is 101 Å². The van der Waals surface area contributed by atoms with Crippen molar-refractivity contribution in [3.63, 3.8) is 0 Å². The Balaban J connectivity index is 1.98.